The number of amides is 1. The van der Waals surface area contributed by atoms with Crippen LogP contribution < -0.4 is 4.90 Å². The van der Waals surface area contributed by atoms with Gasteiger partial charge < -0.3 is 10.0 Å². The first-order valence-electron chi connectivity index (χ1n) is 5.93. The van der Waals surface area contributed by atoms with Gasteiger partial charge in [-0.25, -0.2) is 0 Å². The van der Waals surface area contributed by atoms with E-state index in [2.05, 4.69) is 6.07 Å². The molecule has 17 heavy (non-hydrogen) atoms. The predicted octanol–water partition coefficient (Wildman–Crippen LogP) is 2.43. The third-order valence-electron chi connectivity index (χ3n) is 2.86. The Balaban J connectivity index is 2.74. The first kappa shape index (κ1) is 13.7. The number of nitrogens with zero attached hydrogens (tertiary/aromatic N) is 1. The van der Waals surface area contributed by atoms with Gasteiger partial charge in [0.1, 0.15) is 0 Å². The summed E-state index contributed by atoms with van der Waals surface area (Å²) in [5, 5.41) is 9.17. The van der Waals surface area contributed by atoms with Crippen molar-refractivity contribution in [3.05, 3.63) is 29.3 Å². The fourth-order valence-electron chi connectivity index (χ4n) is 1.82. The second-order valence-corrected chi connectivity index (χ2v) is 4.63. The van der Waals surface area contributed by atoms with Crippen LogP contribution in [0.25, 0.3) is 0 Å². The second-order valence-electron chi connectivity index (χ2n) is 4.63. The Morgan fingerprint density at radius 3 is 2.59 bits per heavy atom. The Hall–Kier alpha value is -1.35. The molecule has 3 nitrogen and oxygen atoms in total. The standard InChI is InChI=1S/C14H21NO2/c1-10-5-7-13(11(2)9-10)15(4)14(17)8-6-12(3)16/h5,7,9,12,16H,6,8H2,1-4H3. The zero-order valence-corrected chi connectivity index (χ0v) is 11.0. The molecule has 1 amide bonds. The average Bonchev–Trinajstić information content (AvgIpc) is 2.25. The molecule has 0 aliphatic carbocycles. The number of aryl methyl sites for hydroxylation is 2. The van der Waals surface area contributed by atoms with Gasteiger partial charge in [0.2, 0.25) is 5.91 Å². The lowest BCUT2D eigenvalue weighted by Crippen LogP contribution is -2.27. The molecule has 0 aliphatic rings. The highest BCUT2D eigenvalue weighted by Crippen LogP contribution is 2.20. The van der Waals surface area contributed by atoms with E-state index in [0.717, 1.165) is 11.3 Å². The van der Waals surface area contributed by atoms with E-state index in [1.165, 1.54) is 5.56 Å². The van der Waals surface area contributed by atoms with Crippen molar-refractivity contribution in [2.75, 3.05) is 11.9 Å². The molecule has 0 bridgehead atoms. The van der Waals surface area contributed by atoms with Crippen LogP contribution in [0.1, 0.15) is 30.9 Å². The van der Waals surface area contributed by atoms with Crippen molar-refractivity contribution in [2.24, 2.45) is 0 Å². The third-order valence-corrected chi connectivity index (χ3v) is 2.86. The molecule has 0 fully saturated rings. The molecule has 1 aromatic carbocycles. The monoisotopic (exact) mass is 235 g/mol. The van der Waals surface area contributed by atoms with Gasteiger partial charge in [-0.15, -0.1) is 0 Å². The van der Waals surface area contributed by atoms with Gasteiger partial charge in [0.25, 0.3) is 0 Å². The summed E-state index contributed by atoms with van der Waals surface area (Å²) in [5.74, 6) is 0.0397. The topological polar surface area (TPSA) is 40.5 Å². The summed E-state index contributed by atoms with van der Waals surface area (Å²) in [7, 11) is 1.78. The van der Waals surface area contributed by atoms with Crippen molar-refractivity contribution in [2.45, 2.75) is 39.7 Å². The lowest BCUT2D eigenvalue weighted by atomic mass is 10.1. The van der Waals surface area contributed by atoms with Crippen molar-refractivity contribution in [3.8, 4) is 0 Å². The molecule has 0 spiro atoms. The molecule has 0 saturated heterocycles. The first-order chi connectivity index (χ1) is 7.91. The molecule has 0 aromatic heterocycles. The Labute approximate surface area is 103 Å². The summed E-state index contributed by atoms with van der Waals surface area (Å²) >= 11 is 0. The molecule has 1 unspecified atom stereocenters. The smallest absolute Gasteiger partial charge is 0.226 e. The molecule has 0 radical (unpaired) electrons. The van der Waals surface area contributed by atoms with Crippen LogP contribution in [-0.2, 0) is 4.79 Å². The molecule has 1 aromatic rings. The number of anilines is 1. The minimum Gasteiger partial charge on any atom is -0.393 e. The zero-order valence-electron chi connectivity index (χ0n) is 11.0. The molecule has 0 heterocycles. The van der Waals surface area contributed by atoms with E-state index in [1.54, 1.807) is 18.9 Å². The molecule has 1 rings (SSSR count). The highest BCUT2D eigenvalue weighted by atomic mass is 16.3. The quantitative estimate of drug-likeness (QED) is 0.870. The van der Waals surface area contributed by atoms with E-state index in [1.807, 2.05) is 26.0 Å². The summed E-state index contributed by atoms with van der Waals surface area (Å²) in [6, 6.07) is 6.03. The zero-order chi connectivity index (χ0) is 13.0. The summed E-state index contributed by atoms with van der Waals surface area (Å²) in [4.78, 5) is 13.6. The van der Waals surface area contributed by atoms with Crippen LogP contribution in [-0.4, -0.2) is 24.2 Å². The molecule has 1 atom stereocenters. The maximum absolute atomic E-state index is 11.9. The third kappa shape index (κ3) is 3.86. The maximum Gasteiger partial charge on any atom is 0.226 e. The Kier molecular flexibility index (Phi) is 4.70. The van der Waals surface area contributed by atoms with Gasteiger partial charge in [-0.3, -0.25) is 4.79 Å². The van der Waals surface area contributed by atoms with Gasteiger partial charge in [0.05, 0.1) is 6.10 Å². The van der Waals surface area contributed by atoms with Crippen LogP contribution in [0.2, 0.25) is 0 Å². The van der Waals surface area contributed by atoms with Crippen LogP contribution in [0.15, 0.2) is 18.2 Å². The second kappa shape index (κ2) is 5.82. The summed E-state index contributed by atoms with van der Waals surface area (Å²) < 4.78 is 0. The molecular formula is C14H21NO2. The summed E-state index contributed by atoms with van der Waals surface area (Å²) in [6.07, 6.45) is 0.460. The summed E-state index contributed by atoms with van der Waals surface area (Å²) in [5.41, 5.74) is 3.22. The molecule has 0 aliphatic heterocycles. The minimum absolute atomic E-state index is 0.0397. The Bertz CT molecular complexity index is 399. The van der Waals surface area contributed by atoms with Crippen molar-refractivity contribution in [1.29, 1.82) is 0 Å². The van der Waals surface area contributed by atoms with E-state index >= 15 is 0 Å². The molecule has 3 heteroatoms. The van der Waals surface area contributed by atoms with Gasteiger partial charge in [0, 0.05) is 19.2 Å². The molecule has 94 valence electrons. The Morgan fingerprint density at radius 2 is 2.06 bits per heavy atom. The van der Waals surface area contributed by atoms with E-state index in [9.17, 15) is 9.90 Å². The molecular weight excluding hydrogens is 214 g/mol. The SMILES string of the molecule is Cc1ccc(N(C)C(=O)CCC(C)O)c(C)c1. The van der Waals surface area contributed by atoms with Gasteiger partial charge in [-0.2, -0.15) is 0 Å². The number of aliphatic hydroxyl groups is 1. The summed E-state index contributed by atoms with van der Waals surface area (Å²) in [6.45, 7) is 5.73. The van der Waals surface area contributed by atoms with Crippen LogP contribution in [0.3, 0.4) is 0 Å². The van der Waals surface area contributed by atoms with Crippen molar-refractivity contribution < 1.29 is 9.90 Å². The van der Waals surface area contributed by atoms with Crippen LogP contribution in [0, 0.1) is 13.8 Å². The van der Waals surface area contributed by atoms with Crippen molar-refractivity contribution in [1.82, 2.24) is 0 Å². The highest BCUT2D eigenvalue weighted by molar-refractivity contribution is 5.93. The maximum atomic E-state index is 11.9. The highest BCUT2D eigenvalue weighted by Gasteiger charge is 2.13. The Morgan fingerprint density at radius 1 is 1.41 bits per heavy atom. The minimum atomic E-state index is -0.425. The number of hydrogen-bond acceptors (Lipinski definition) is 2. The largest absolute Gasteiger partial charge is 0.393 e. The van der Waals surface area contributed by atoms with Crippen LogP contribution in [0.4, 0.5) is 5.69 Å². The fraction of sp³-hybridized carbons (Fsp3) is 0.500. The van der Waals surface area contributed by atoms with E-state index in [4.69, 9.17) is 0 Å². The number of aliphatic hydroxyl groups excluding tert-OH is 1. The first-order valence-corrected chi connectivity index (χ1v) is 5.93. The van der Waals surface area contributed by atoms with E-state index < -0.39 is 6.10 Å². The number of hydrogen-bond donors (Lipinski definition) is 1. The number of rotatable bonds is 4. The van der Waals surface area contributed by atoms with Crippen LogP contribution >= 0.6 is 0 Å². The number of carbonyl (C=O) groups is 1. The number of benzene rings is 1. The van der Waals surface area contributed by atoms with E-state index in [-0.39, 0.29) is 5.91 Å². The number of carbonyl (C=O) groups excluding carboxylic acids is 1. The lowest BCUT2D eigenvalue weighted by molar-refractivity contribution is -0.118. The molecule has 1 N–H and O–H groups in total. The van der Waals surface area contributed by atoms with Gasteiger partial charge in [-0.05, 0) is 38.8 Å². The normalized spacial score (nSPS) is 12.3. The molecule has 0 saturated carbocycles. The van der Waals surface area contributed by atoms with Gasteiger partial charge in [-0.1, -0.05) is 17.7 Å². The van der Waals surface area contributed by atoms with Crippen molar-refractivity contribution >= 4 is 11.6 Å². The van der Waals surface area contributed by atoms with Crippen LogP contribution in [0.5, 0.6) is 0 Å². The lowest BCUT2D eigenvalue weighted by Gasteiger charge is -2.20. The average molecular weight is 235 g/mol. The van der Waals surface area contributed by atoms with Crippen molar-refractivity contribution in [3.63, 3.8) is 0 Å². The predicted molar refractivity (Wildman–Crippen MR) is 70.2 cm³/mol. The van der Waals surface area contributed by atoms with E-state index in [0.29, 0.717) is 12.8 Å². The van der Waals surface area contributed by atoms with Gasteiger partial charge in [0.15, 0.2) is 0 Å². The fourth-order valence-corrected chi connectivity index (χ4v) is 1.82. The van der Waals surface area contributed by atoms with Gasteiger partial charge >= 0.3 is 0 Å².